The summed E-state index contributed by atoms with van der Waals surface area (Å²) in [6, 6.07) is 25.1. The van der Waals surface area contributed by atoms with E-state index < -0.39 is 29.7 Å². The maximum Gasteiger partial charge on any atom is 0.435 e. The molecule has 4 aromatic rings. The quantitative estimate of drug-likeness (QED) is 0.190. The van der Waals surface area contributed by atoms with Crippen molar-refractivity contribution in [1.29, 1.82) is 0 Å². The van der Waals surface area contributed by atoms with E-state index in [1.807, 2.05) is 72.2 Å². The third kappa shape index (κ3) is 7.80. The Morgan fingerprint density at radius 1 is 0.880 bits per heavy atom. The first-order valence-corrected chi connectivity index (χ1v) is 17.5. The second-order valence-electron chi connectivity index (χ2n) is 14.7. The number of aliphatic hydroxyl groups excluding tert-OH is 1. The fourth-order valence-corrected chi connectivity index (χ4v) is 7.15. The van der Waals surface area contributed by atoms with Crippen molar-refractivity contribution in [3.8, 4) is 0 Å². The molecular formula is C39H49N5O6. The number of nitrogens with zero attached hydrogens (tertiary/aromatic N) is 4. The molecule has 266 valence electrons. The van der Waals surface area contributed by atoms with Crippen LogP contribution in [0.4, 0.5) is 15.4 Å². The number of nitrogens with two attached hydrogens (primary N) is 1. The van der Waals surface area contributed by atoms with Crippen molar-refractivity contribution in [3.63, 3.8) is 0 Å². The molecule has 0 saturated carbocycles. The van der Waals surface area contributed by atoms with Crippen LogP contribution in [0.2, 0.25) is 0 Å². The summed E-state index contributed by atoms with van der Waals surface area (Å²) in [5.74, 6) is -0.676. The largest absolute Gasteiger partial charge is 0.442 e. The Labute approximate surface area is 293 Å². The van der Waals surface area contributed by atoms with Gasteiger partial charge in [0, 0.05) is 25.1 Å². The molecule has 2 aliphatic heterocycles. The molecule has 2 saturated heterocycles. The van der Waals surface area contributed by atoms with Crippen molar-refractivity contribution in [1.82, 2.24) is 19.6 Å². The van der Waals surface area contributed by atoms with Gasteiger partial charge < -0.3 is 34.9 Å². The molecule has 4 atom stereocenters. The number of rotatable bonds is 10. The number of ether oxygens (including phenoxy) is 3. The van der Waals surface area contributed by atoms with Gasteiger partial charge >= 0.3 is 12.1 Å². The van der Waals surface area contributed by atoms with E-state index in [-0.39, 0.29) is 37.1 Å². The molecule has 0 spiro atoms. The molecule has 3 aromatic carbocycles. The number of amides is 2. The van der Waals surface area contributed by atoms with E-state index in [1.54, 1.807) is 26.8 Å². The van der Waals surface area contributed by atoms with Crippen LogP contribution in [0.25, 0.3) is 10.9 Å². The topological polar surface area (TPSA) is 132 Å². The fraction of sp³-hybridized carbons (Fsp3) is 0.462. The lowest BCUT2D eigenvalue weighted by atomic mass is 9.91. The summed E-state index contributed by atoms with van der Waals surface area (Å²) >= 11 is 0. The van der Waals surface area contributed by atoms with Gasteiger partial charge in [0.15, 0.2) is 11.6 Å². The first-order chi connectivity index (χ1) is 23.8. The van der Waals surface area contributed by atoms with Gasteiger partial charge in [0.2, 0.25) is 0 Å². The van der Waals surface area contributed by atoms with E-state index in [0.717, 1.165) is 16.7 Å². The van der Waals surface area contributed by atoms with Crippen LogP contribution in [0.15, 0.2) is 78.9 Å². The molecule has 0 unspecified atom stereocenters. The smallest absolute Gasteiger partial charge is 0.435 e. The van der Waals surface area contributed by atoms with E-state index >= 15 is 4.79 Å². The van der Waals surface area contributed by atoms with Crippen LogP contribution in [0.1, 0.15) is 64.2 Å². The molecule has 6 rings (SSSR count). The number of benzene rings is 3. The number of hydrogen-bond donors (Lipinski definition) is 2. The summed E-state index contributed by atoms with van der Waals surface area (Å²) in [5, 5.41) is 14.6. The minimum absolute atomic E-state index is 0.0445. The Bertz CT molecular complexity index is 1790. The molecule has 2 fully saturated rings. The number of aliphatic hydroxyl groups is 1. The number of carbonyl (C=O) groups is 2. The number of urea groups is 1. The predicted octanol–water partition coefficient (Wildman–Crippen LogP) is 6.15. The molecule has 11 nitrogen and oxygen atoms in total. The van der Waals surface area contributed by atoms with Crippen molar-refractivity contribution in [2.45, 2.75) is 103 Å². The molecule has 3 heterocycles. The fourth-order valence-electron chi connectivity index (χ4n) is 7.15. The molecule has 1 aromatic heterocycles. The summed E-state index contributed by atoms with van der Waals surface area (Å²) in [4.78, 5) is 31.9. The Morgan fingerprint density at radius 2 is 1.46 bits per heavy atom. The molecule has 0 aliphatic carbocycles. The van der Waals surface area contributed by atoms with Gasteiger partial charge in [0.05, 0.1) is 17.6 Å². The second kappa shape index (κ2) is 14.4. The number of unbranched alkanes of at least 4 members (excludes halogenated alkanes) is 1. The van der Waals surface area contributed by atoms with E-state index in [9.17, 15) is 9.90 Å². The average Bonchev–Trinajstić information content (AvgIpc) is 3.56. The molecule has 3 N–H and O–H groups in total. The van der Waals surface area contributed by atoms with Crippen LogP contribution in [-0.4, -0.2) is 85.6 Å². The van der Waals surface area contributed by atoms with E-state index in [2.05, 4.69) is 29.4 Å². The van der Waals surface area contributed by atoms with Crippen molar-refractivity contribution in [3.05, 3.63) is 95.6 Å². The van der Waals surface area contributed by atoms with Crippen molar-refractivity contribution < 1.29 is 28.9 Å². The maximum atomic E-state index is 15.1. The third-order valence-electron chi connectivity index (χ3n) is 9.29. The Kier molecular flexibility index (Phi) is 10.2. The molecule has 50 heavy (non-hydrogen) atoms. The average molecular weight is 684 g/mol. The zero-order valence-corrected chi connectivity index (χ0v) is 29.6. The van der Waals surface area contributed by atoms with Gasteiger partial charge in [0.1, 0.15) is 17.8 Å². The number of nitrogen functional groups attached to an aromatic ring is 1. The minimum Gasteiger partial charge on any atom is -0.442 e. The summed E-state index contributed by atoms with van der Waals surface area (Å²) in [6.07, 6.45) is 0.887. The molecule has 0 radical (unpaired) electrons. The van der Waals surface area contributed by atoms with Crippen LogP contribution in [0.3, 0.4) is 0 Å². The van der Waals surface area contributed by atoms with E-state index in [4.69, 9.17) is 19.9 Å². The van der Waals surface area contributed by atoms with Gasteiger partial charge in [-0.2, -0.15) is 4.68 Å². The van der Waals surface area contributed by atoms with Crippen LogP contribution in [0.5, 0.6) is 0 Å². The molecule has 0 bridgehead atoms. The minimum atomic E-state index is -0.869. The predicted molar refractivity (Wildman–Crippen MR) is 191 cm³/mol. The lowest BCUT2D eigenvalue weighted by molar-refractivity contribution is -0.157. The standard InChI is InChI=1S/C39H49N5O6/c1-38(2,3)50-37(47)44-30-19-18-28(22-29(30)35(40)41-44)25-43-32(24-27-16-10-7-11-17-27)34-33(48-39(4,5)49-34)31(23-26-14-8-6-9-15-26)42(36(43)46)20-12-13-21-45/h6-11,14-19,22,31-34,45H,12-13,20-21,23-25H2,1-5H3,(H2,40,41)/t31-,32-,33+,34+/m1/s1. The van der Waals surface area contributed by atoms with Crippen LogP contribution in [-0.2, 0) is 33.6 Å². The summed E-state index contributed by atoms with van der Waals surface area (Å²) < 4.78 is 20.3. The van der Waals surface area contributed by atoms with Crippen LogP contribution >= 0.6 is 0 Å². The summed E-state index contributed by atoms with van der Waals surface area (Å²) in [5.41, 5.74) is 9.18. The van der Waals surface area contributed by atoms with Crippen molar-refractivity contribution in [2.24, 2.45) is 0 Å². The maximum absolute atomic E-state index is 15.1. The van der Waals surface area contributed by atoms with Crippen LogP contribution < -0.4 is 5.73 Å². The number of anilines is 1. The first-order valence-electron chi connectivity index (χ1n) is 17.5. The van der Waals surface area contributed by atoms with Gasteiger partial charge in [-0.25, -0.2) is 9.59 Å². The van der Waals surface area contributed by atoms with Gasteiger partial charge in [0.25, 0.3) is 0 Å². The Balaban J connectivity index is 1.43. The second-order valence-corrected chi connectivity index (χ2v) is 14.7. The number of fused-ring (bicyclic) bond motifs is 2. The monoisotopic (exact) mass is 683 g/mol. The molecule has 2 amide bonds. The lowest BCUT2D eigenvalue weighted by Gasteiger charge is -2.37. The summed E-state index contributed by atoms with van der Waals surface area (Å²) in [7, 11) is 0. The van der Waals surface area contributed by atoms with Gasteiger partial charge in [-0.3, -0.25) is 0 Å². The highest BCUT2D eigenvalue weighted by Gasteiger charge is 2.55. The van der Waals surface area contributed by atoms with Crippen LogP contribution in [0, 0.1) is 0 Å². The SMILES string of the molecule is CC(C)(C)OC(=O)n1nc(N)c2cc(CN3C(=O)N(CCCCO)[C@H](Cc4ccccc4)[C@@H]4OC(C)(C)O[C@H]4[C@H]3Cc3ccccc3)ccc21. The Morgan fingerprint density at radius 3 is 2.02 bits per heavy atom. The first kappa shape index (κ1) is 35.4. The zero-order valence-electron chi connectivity index (χ0n) is 29.6. The lowest BCUT2D eigenvalue weighted by Crippen LogP contribution is -2.52. The molecule has 2 aliphatic rings. The summed E-state index contributed by atoms with van der Waals surface area (Å²) in [6.45, 7) is 10.0. The highest BCUT2D eigenvalue weighted by Crippen LogP contribution is 2.40. The zero-order chi connectivity index (χ0) is 35.6. The van der Waals surface area contributed by atoms with Crippen molar-refractivity contribution in [2.75, 3.05) is 18.9 Å². The molecular weight excluding hydrogens is 634 g/mol. The number of hydrogen-bond acceptors (Lipinski definition) is 8. The third-order valence-corrected chi connectivity index (χ3v) is 9.29. The Hall–Kier alpha value is -4.45. The highest BCUT2D eigenvalue weighted by molar-refractivity contribution is 5.95. The number of aromatic nitrogens is 2. The highest BCUT2D eigenvalue weighted by atomic mass is 16.8. The van der Waals surface area contributed by atoms with E-state index in [1.165, 1.54) is 4.68 Å². The van der Waals surface area contributed by atoms with Gasteiger partial charge in [-0.15, -0.1) is 5.10 Å². The van der Waals surface area contributed by atoms with Gasteiger partial charge in [-0.1, -0.05) is 66.7 Å². The van der Waals surface area contributed by atoms with Gasteiger partial charge in [-0.05, 0) is 89.1 Å². The van der Waals surface area contributed by atoms with E-state index in [0.29, 0.717) is 43.1 Å². The number of carbonyl (C=O) groups excluding carboxylic acids is 2. The van der Waals surface area contributed by atoms with Crippen molar-refractivity contribution >= 4 is 28.8 Å². The molecule has 11 heteroatoms. The normalized spacial score (nSPS) is 22.1.